The molecule has 0 aromatic heterocycles. The molecule has 0 atom stereocenters. The zero-order valence-electron chi connectivity index (χ0n) is 8.09. The maximum atomic E-state index is 13.4. The summed E-state index contributed by atoms with van der Waals surface area (Å²) in [5, 5.41) is 9.08. The summed E-state index contributed by atoms with van der Waals surface area (Å²) in [5.74, 6) is -0.296. The maximum absolute atomic E-state index is 13.4. The van der Waals surface area contributed by atoms with Gasteiger partial charge in [-0.3, -0.25) is 0 Å². The number of rotatable bonds is 1. The third-order valence-corrected chi connectivity index (χ3v) is 2.50. The fraction of sp³-hybridized carbons (Fsp3) is 0.364. The number of hydrogen-bond donors (Lipinski definition) is 1. The zero-order valence-corrected chi connectivity index (χ0v) is 8.09. The van der Waals surface area contributed by atoms with Gasteiger partial charge in [-0.1, -0.05) is 0 Å². The third kappa shape index (κ3) is 1.55. The Balaban J connectivity index is 2.66. The van der Waals surface area contributed by atoms with Crippen LogP contribution in [0.15, 0.2) is 6.07 Å². The molecule has 1 N–H and O–H groups in total. The van der Waals surface area contributed by atoms with Gasteiger partial charge < -0.3 is 9.84 Å². The first kappa shape index (κ1) is 9.94. The molecule has 0 saturated carbocycles. The highest BCUT2D eigenvalue weighted by Gasteiger charge is 2.21. The van der Waals surface area contributed by atoms with E-state index >= 15 is 0 Å². The van der Waals surface area contributed by atoms with Crippen molar-refractivity contribution in [2.24, 2.45) is 0 Å². The van der Waals surface area contributed by atoms with Crippen molar-refractivity contribution in [3.05, 3.63) is 34.4 Å². The molecule has 0 spiro atoms. The Labute approximate surface area is 86.9 Å². The lowest BCUT2D eigenvalue weighted by Gasteiger charge is -2.21. The van der Waals surface area contributed by atoms with Crippen LogP contribution in [-0.4, -0.2) is 11.7 Å². The van der Waals surface area contributed by atoms with Crippen LogP contribution in [0.5, 0.6) is 5.75 Å². The molecular formula is C11H10FNO2. The molecule has 0 amide bonds. The molecule has 15 heavy (non-hydrogen) atoms. The van der Waals surface area contributed by atoms with Gasteiger partial charge in [-0.2, -0.15) is 0 Å². The largest absolute Gasteiger partial charge is 0.504 e. The van der Waals surface area contributed by atoms with E-state index in [0.717, 1.165) is 18.4 Å². The topological polar surface area (TPSA) is 33.8 Å². The Morgan fingerprint density at radius 3 is 3.07 bits per heavy atom. The third-order valence-electron chi connectivity index (χ3n) is 2.50. The van der Waals surface area contributed by atoms with E-state index in [2.05, 4.69) is 4.85 Å². The van der Waals surface area contributed by atoms with E-state index in [1.54, 1.807) is 0 Å². The quantitative estimate of drug-likeness (QED) is 0.716. The lowest BCUT2D eigenvalue weighted by Crippen LogP contribution is -2.11. The molecule has 0 aliphatic carbocycles. The highest BCUT2D eigenvalue weighted by Crippen LogP contribution is 2.39. The van der Waals surface area contributed by atoms with Crippen molar-refractivity contribution < 1.29 is 14.2 Å². The van der Waals surface area contributed by atoms with Gasteiger partial charge in [-0.15, -0.1) is 0 Å². The molecule has 1 aliphatic rings. The first-order valence-electron chi connectivity index (χ1n) is 4.73. The predicted octanol–water partition coefficient (Wildman–Crippen LogP) is 2.19. The number of ether oxygens (including phenoxy) is 1. The Morgan fingerprint density at radius 1 is 1.60 bits per heavy atom. The molecule has 0 unspecified atom stereocenters. The molecule has 1 aliphatic heterocycles. The number of benzene rings is 1. The van der Waals surface area contributed by atoms with E-state index in [-0.39, 0.29) is 12.3 Å². The van der Waals surface area contributed by atoms with Gasteiger partial charge in [-0.25, -0.2) is 9.24 Å². The van der Waals surface area contributed by atoms with Crippen LogP contribution in [0.25, 0.3) is 4.85 Å². The summed E-state index contributed by atoms with van der Waals surface area (Å²) in [6.07, 6.45) is 1.57. The SMILES string of the molecule is [C-]#[N+]c1c(F)cc(CO)c2c1OCCC2. The van der Waals surface area contributed by atoms with Gasteiger partial charge in [0.25, 0.3) is 5.69 Å². The summed E-state index contributed by atoms with van der Waals surface area (Å²) in [7, 11) is 0. The van der Waals surface area contributed by atoms with Crippen LogP contribution in [-0.2, 0) is 13.0 Å². The molecule has 1 aromatic rings. The number of aliphatic hydroxyl groups is 1. The Morgan fingerprint density at radius 2 is 2.40 bits per heavy atom. The first-order valence-corrected chi connectivity index (χ1v) is 4.73. The number of hydrogen-bond acceptors (Lipinski definition) is 2. The van der Waals surface area contributed by atoms with Crippen LogP contribution in [0, 0.1) is 12.4 Å². The smallest absolute Gasteiger partial charge is 0.263 e. The second-order valence-electron chi connectivity index (χ2n) is 3.40. The van der Waals surface area contributed by atoms with Crippen LogP contribution in [0.3, 0.4) is 0 Å². The van der Waals surface area contributed by atoms with Crippen LogP contribution in [0.1, 0.15) is 17.5 Å². The van der Waals surface area contributed by atoms with Crippen molar-refractivity contribution in [3.8, 4) is 5.75 Å². The van der Waals surface area contributed by atoms with Crippen LogP contribution in [0.4, 0.5) is 10.1 Å². The van der Waals surface area contributed by atoms with Crippen LogP contribution < -0.4 is 4.74 Å². The molecule has 3 nitrogen and oxygen atoms in total. The van der Waals surface area contributed by atoms with Gasteiger partial charge in [0.15, 0.2) is 0 Å². The molecule has 4 heteroatoms. The van der Waals surface area contributed by atoms with Gasteiger partial charge >= 0.3 is 0 Å². The van der Waals surface area contributed by atoms with E-state index in [1.165, 1.54) is 6.07 Å². The minimum atomic E-state index is -0.616. The van der Waals surface area contributed by atoms with Gasteiger partial charge in [-0.05, 0) is 30.0 Å². The molecule has 0 radical (unpaired) electrons. The van der Waals surface area contributed by atoms with E-state index < -0.39 is 5.82 Å². The minimum Gasteiger partial charge on any atom is -0.504 e. The molecule has 0 bridgehead atoms. The molecular weight excluding hydrogens is 197 g/mol. The monoisotopic (exact) mass is 207 g/mol. The lowest BCUT2D eigenvalue weighted by molar-refractivity contribution is 0.266. The van der Waals surface area contributed by atoms with E-state index in [0.29, 0.717) is 17.9 Å². The van der Waals surface area contributed by atoms with E-state index in [1.807, 2.05) is 0 Å². The van der Waals surface area contributed by atoms with Gasteiger partial charge in [0, 0.05) is 0 Å². The van der Waals surface area contributed by atoms with Crippen molar-refractivity contribution in [1.29, 1.82) is 0 Å². The van der Waals surface area contributed by atoms with E-state index in [4.69, 9.17) is 16.4 Å². The van der Waals surface area contributed by atoms with Crippen molar-refractivity contribution in [2.75, 3.05) is 6.61 Å². The summed E-state index contributed by atoms with van der Waals surface area (Å²) >= 11 is 0. The number of nitrogens with zero attached hydrogens (tertiary/aromatic N) is 1. The van der Waals surface area contributed by atoms with Crippen LogP contribution in [0.2, 0.25) is 0 Å². The van der Waals surface area contributed by atoms with Crippen molar-refractivity contribution in [2.45, 2.75) is 19.4 Å². The van der Waals surface area contributed by atoms with Gasteiger partial charge in [0.1, 0.15) is 11.6 Å². The fourth-order valence-corrected chi connectivity index (χ4v) is 1.80. The number of halogens is 1. The fourth-order valence-electron chi connectivity index (χ4n) is 1.80. The molecule has 1 aromatic carbocycles. The summed E-state index contributed by atoms with van der Waals surface area (Å²) in [4.78, 5) is 3.13. The lowest BCUT2D eigenvalue weighted by atomic mass is 9.99. The second kappa shape index (κ2) is 3.87. The Kier molecular flexibility index (Phi) is 2.57. The van der Waals surface area contributed by atoms with Crippen molar-refractivity contribution in [1.82, 2.24) is 0 Å². The van der Waals surface area contributed by atoms with Crippen molar-refractivity contribution in [3.63, 3.8) is 0 Å². The van der Waals surface area contributed by atoms with Gasteiger partial charge in [0.05, 0.1) is 19.8 Å². The normalized spacial score (nSPS) is 13.9. The standard InChI is InChI=1S/C11H10FNO2/c1-13-10-9(12)5-7(6-14)8-3-2-4-15-11(8)10/h5,14H,2-4,6H2. The van der Waals surface area contributed by atoms with E-state index in [9.17, 15) is 4.39 Å². The highest BCUT2D eigenvalue weighted by atomic mass is 19.1. The molecule has 0 fully saturated rings. The second-order valence-corrected chi connectivity index (χ2v) is 3.40. The zero-order chi connectivity index (χ0) is 10.8. The van der Waals surface area contributed by atoms with Crippen LogP contribution >= 0.6 is 0 Å². The summed E-state index contributed by atoms with van der Waals surface area (Å²) in [5.41, 5.74) is 1.23. The predicted molar refractivity (Wildman–Crippen MR) is 52.4 cm³/mol. The highest BCUT2D eigenvalue weighted by molar-refractivity contribution is 5.64. The number of aliphatic hydroxyl groups excluding tert-OH is 1. The summed E-state index contributed by atoms with van der Waals surface area (Å²) < 4.78 is 18.7. The molecule has 1 heterocycles. The average molecular weight is 207 g/mol. The van der Waals surface area contributed by atoms with Gasteiger partial charge in [0.2, 0.25) is 0 Å². The van der Waals surface area contributed by atoms with Crippen molar-refractivity contribution >= 4 is 5.69 Å². The Hall–Kier alpha value is -1.60. The summed E-state index contributed by atoms with van der Waals surface area (Å²) in [6, 6.07) is 1.22. The first-order chi connectivity index (χ1) is 7.27. The Bertz CT molecular complexity index is 437. The average Bonchev–Trinajstić information content (AvgIpc) is 2.28. The minimum absolute atomic E-state index is 0.0677. The summed E-state index contributed by atoms with van der Waals surface area (Å²) in [6.45, 7) is 7.18. The molecule has 2 rings (SSSR count). The molecule has 78 valence electrons. The number of fused-ring (bicyclic) bond motifs is 1. The molecule has 0 saturated heterocycles. The maximum Gasteiger partial charge on any atom is 0.263 e.